The van der Waals surface area contributed by atoms with E-state index in [1.54, 1.807) is 14.0 Å². The Kier molecular flexibility index (Phi) is 7.49. The Bertz CT molecular complexity index is 233. The molecule has 0 aliphatic rings. The van der Waals surface area contributed by atoms with Gasteiger partial charge in [0.15, 0.2) is 0 Å². The molecule has 0 heterocycles. The van der Waals surface area contributed by atoms with Crippen molar-refractivity contribution < 1.29 is 19.1 Å². The van der Waals surface area contributed by atoms with Gasteiger partial charge in [-0.05, 0) is 13.8 Å². The van der Waals surface area contributed by atoms with Crippen molar-refractivity contribution in [2.45, 2.75) is 25.9 Å². The van der Waals surface area contributed by atoms with Gasteiger partial charge in [-0.1, -0.05) is 0 Å². The first-order chi connectivity index (χ1) is 7.51. The molecule has 0 rings (SSSR count). The average Bonchev–Trinajstić information content (AvgIpc) is 2.24. The molecule has 16 heavy (non-hydrogen) atoms. The molecule has 2 atom stereocenters. The van der Waals surface area contributed by atoms with Crippen LogP contribution in [0.5, 0.6) is 0 Å². The van der Waals surface area contributed by atoms with Crippen LogP contribution in [0, 0.1) is 0 Å². The van der Waals surface area contributed by atoms with E-state index in [1.807, 2.05) is 6.92 Å². The van der Waals surface area contributed by atoms with Crippen LogP contribution in [-0.2, 0) is 19.1 Å². The fraction of sp³-hybridized carbons (Fsp3) is 0.800. The highest BCUT2D eigenvalue weighted by molar-refractivity contribution is 5.80. The number of methoxy groups -OCH3 is 2. The summed E-state index contributed by atoms with van der Waals surface area (Å²) in [4.78, 5) is 22.4. The summed E-state index contributed by atoms with van der Waals surface area (Å²) in [5.41, 5.74) is 0. The number of amides is 1. The lowest BCUT2D eigenvalue weighted by atomic mass is 10.3. The van der Waals surface area contributed by atoms with Crippen LogP contribution >= 0.6 is 0 Å². The molecule has 0 spiro atoms. The molecule has 94 valence electrons. The summed E-state index contributed by atoms with van der Waals surface area (Å²) in [6, 6.07) is -0.541. The van der Waals surface area contributed by atoms with Crippen LogP contribution < -0.4 is 10.6 Å². The van der Waals surface area contributed by atoms with Crippen LogP contribution in [0.1, 0.15) is 13.8 Å². The second-order valence-electron chi connectivity index (χ2n) is 3.55. The van der Waals surface area contributed by atoms with Crippen LogP contribution in [0.4, 0.5) is 0 Å². The lowest BCUT2D eigenvalue weighted by molar-refractivity contribution is -0.142. The van der Waals surface area contributed by atoms with Crippen LogP contribution in [0.2, 0.25) is 0 Å². The molecular formula is C10H20N2O4. The Morgan fingerprint density at radius 2 is 1.88 bits per heavy atom. The first-order valence-electron chi connectivity index (χ1n) is 5.10. The minimum Gasteiger partial charge on any atom is -0.468 e. The van der Waals surface area contributed by atoms with E-state index < -0.39 is 12.0 Å². The Morgan fingerprint density at radius 1 is 1.25 bits per heavy atom. The minimum absolute atomic E-state index is 0.0484. The van der Waals surface area contributed by atoms with E-state index in [0.717, 1.165) is 0 Å². The molecule has 0 fully saturated rings. The summed E-state index contributed by atoms with van der Waals surface area (Å²) >= 11 is 0. The number of carbonyl (C=O) groups is 2. The van der Waals surface area contributed by atoms with Crippen molar-refractivity contribution in [1.29, 1.82) is 0 Å². The van der Waals surface area contributed by atoms with Gasteiger partial charge in [0.1, 0.15) is 6.04 Å². The van der Waals surface area contributed by atoms with Crippen LogP contribution in [0.3, 0.4) is 0 Å². The van der Waals surface area contributed by atoms with Crippen molar-refractivity contribution in [3.05, 3.63) is 0 Å². The number of rotatable bonds is 7. The van der Waals surface area contributed by atoms with Gasteiger partial charge in [-0.2, -0.15) is 0 Å². The van der Waals surface area contributed by atoms with Gasteiger partial charge in [-0.25, -0.2) is 0 Å². The monoisotopic (exact) mass is 232 g/mol. The zero-order valence-electron chi connectivity index (χ0n) is 10.2. The van der Waals surface area contributed by atoms with Crippen molar-refractivity contribution >= 4 is 11.9 Å². The summed E-state index contributed by atoms with van der Waals surface area (Å²) in [6.45, 7) is 4.01. The van der Waals surface area contributed by atoms with Crippen LogP contribution in [0.15, 0.2) is 0 Å². The Balaban J connectivity index is 3.76. The van der Waals surface area contributed by atoms with Gasteiger partial charge in [0.05, 0.1) is 20.3 Å². The number of hydrogen-bond donors (Lipinski definition) is 2. The molecular weight excluding hydrogens is 212 g/mol. The SMILES string of the molecule is COCC(C)NC(=O)CNC(C)C(=O)OC. The molecule has 0 aromatic rings. The van der Waals surface area contributed by atoms with Gasteiger partial charge in [-0.15, -0.1) is 0 Å². The maximum absolute atomic E-state index is 11.4. The second kappa shape index (κ2) is 8.06. The van der Waals surface area contributed by atoms with Gasteiger partial charge in [0.2, 0.25) is 5.91 Å². The predicted octanol–water partition coefficient (Wildman–Crippen LogP) is -0.711. The van der Waals surface area contributed by atoms with Crippen molar-refractivity contribution in [3.8, 4) is 0 Å². The predicted molar refractivity (Wildman–Crippen MR) is 59.0 cm³/mol. The number of carbonyl (C=O) groups excluding carboxylic acids is 2. The topological polar surface area (TPSA) is 76.7 Å². The maximum atomic E-state index is 11.4. The highest BCUT2D eigenvalue weighted by atomic mass is 16.5. The van der Waals surface area contributed by atoms with Crippen LogP contribution in [-0.4, -0.2) is 51.3 Å². The van der Waals surface area contributed by atoms with Gasteiger partial charge in [-0.3, -0.25) is 14.9 Å². The Labute approximate surface area is 95.7 Å². The van der Waals surface area contributed by atoms with Gasteiger partial charge in [0.25, 0.3) is 0 Å². The molecule has 0 saturated carbocycles. The molecule has 0 bridgehead atoms. The maximum Gasteiger partial charge on any atom is 0.322 e. The zero-order valence-corrected chi connectivity index (χ0v) is 10.2. The van der Waals surface area contributed by atoms with E-state index in [-0.39, 0.29) is 18.5 Å². The third kappa shape index (κ3) is 6.36. The van der Waals surface area contributed by atoms with E-state index in [1.165, 1.54) is 7.11 Å². The normalized spacial score (nSPS) is 14.0. The lowest BCUT2D eigenvalue weighted by Gasteiger charge is -2.14. The molecule has 6 nitrogen and oxygen atoms in total. The summed E-state index contributed by atoms with van der Waals surface area (Å²) in [7, 11) is 2.88. The highest BCUT2D eigenvalue weighted by Crippen LogP contribution is 1.86. The number of hydrogen-bond acceptors (Lipinski definition) is 5. The number of ether oxygens (including phenoxy) is 2. The Morgan fingerprint density at radius 3 is 2.38 bits per heavy atom. The van der Waals surface area contributed by atoms with E-state index in [0.29, 0.717) is 6.61 Å². The third-order valence-corrected chi connectivity index (χ3v) is 1.95. The molecule has 1 amide bonds. The smallest absolute Gasteiger partial charge is 0.322 e. The van der Waals surface area contributed by atoms with Crippen molar-refractivity contribution in [2.75, 3.05) is 27.4 Å². The largest absolute Gasteiger partial charge is 0.468 e. The molecule has 0 radical (unpaired) electrons. The summed E-state index contributed by atoms with van der Waals surface area (Å²) in [5.74, 6) is -0.571. The minimum atomic E-state index is -0.492. The first kappa shape index (κ1) is 14.9. The fourth-order valence-electron chi connectivity index (χ4n) is 1.12. The average molecular weight is 232 g/mol. The second-order valence-corrected chi connectivity index (χ2v) is 3.55. The third-order valence-electron chi connectivity index (χ3n) is 1.95. The molecule has 2 unspecified atom stereocenters. The standard InChI is InChI=1S/C10H20N2O4/c1-7(6-15-3)12-9(13)5-11-8(2)10(14)16-4/h7-8,11H,5-6H2,1-4H3,(H,12,13). The zero-order chi connectivity index (χ0) is 12.6. The fourth-order valence-corrected chi connectivity index (χ4v) is 1.12. The number of nitrogens with one attached hydrogen (secondary N) is 2. The van der Waals surface area contributed by atoms with Crippen molar-refractivity contribution in [1.82, 2.24) is 10.6 Å². The summed E-state index contributed by atoms with van der Waals surface area (Å²) in [6.07, 6.45) is 0. The van der Waals surface area contributed by atoms with E-state index in [9.17, 15) is 9.59 Å². The lowest BCUT2D eigenvalue weighted by Crippen LogP contribution is -2.45. The van der Waals surface area contributed by atoms with Crippen molar-refractivity contribution in [3.63, 3.8) is 0 Å². The van der Waals surface area contributed by atoms with Gasteiger partial charge >= 0.3 is 5.97 Å². The molecule has 0 aliphatic heterocycles. The van der Waals surface area contributed by atoms with Crippen molar-refractivity contribution in [2.24, 2.45) is 0 Å². The Hall–Kier alpha value is -1.14. The molecule has 0 aliphatic carbocycles. The van der Waals surface area contributed by atoms with E-state index in [4.69, 9.17) is 4.74 Å². The highest BCUT2D eigenvalue weighted by Gasteiger charge is 2.14. The van der Waals surface area contributed by atoms with Gasteiger partial charge in [0, 0.05) is 13.2 Å². The van der Waals surface area contributed by atoms with Gasteiger partial charge < -0.3 is 14.8 Å². The summed E-state index contributed by atoms with van der Waals surface area (Å²) in [5, 5.41) is 5.47. The summed E-state index contributed by atoms with van der Waals surface area (Å²) < 4.78 is 9.39. The van der Waals surface area contributed by atoms with E-state index in [2.05, 4.69) is 15.4 Å². The molecule has 6 heteroatoms. The number of esters is 1. The van der Waals surface area contributed by atoms with Crippen LogP contribution in [0.25, 0.3) is 0 Å². The molecule has 0 aromatic heterocycles. The van der Waals surface area contributed by atoms with E-state index >= 15 is 0 Å². The molecule has 0 aromatic carbocycles. The molecule has 0 saturated heterocycles. The molecule has 2 N–H and O–H groups in total. The quantitative estimate of drug-likeness (QED) is 0.567. The first-order valence-corrected chi connectivity index (χ1v) is 5.10.